The minimum absolute atomic E-state index is 0.0738. The number of aryl methyl sites for hydroxylation is 1. The third kappa shape index (κ3) is 2.27. The van der Waals surface area contributed by atoms with E-state index in [0.29, 0.717) is 11.1 Å². The number of benzene rings is 1. The summed E-state index contributed by atoms with van der Waals surface area (Å²) in [6.07, 6.45) is 0. The molecule has 1 aromatic rings. The summed E-state index contributed by atoms with van der Waals surface area (Å²) in [6.45, 7) is 1.25. The van der Waals surface area contributed by atoms with Crippen molar-refractivity contribution in [2.45, 2.75) is 18.4 Å². The number of sulfonamides is 1. The van der Waals surface area contributed by atoms with Crippen molar-refractivity contribution < 1.29 is 13.5 Å². The molecule has 0 fully saturated rings. The van der Waals surface area contributed by atoms with Gasteiger partial charge in [0.15, 0.2) is 0 Å². The van der Waals surface area contributed by atoms with Crippen molar-refractivity contribution >= 4 is 10.0 Å². The highest BCUT2D eigenvalue weighted by atomic mass is 32.2. The predicted molar refractivity (Wildman–Crippen MR) is 46.9 cm³/mol. The van der Waals surface area contributed by atoms with Crippen LogP contribution >= 0.6 is 0 Å². The Bertz CT molecular complexity index is 411. The van der Waals surface area contributed by atoms with Gasteiger partial charge in [-0.05, 0) is 24.1 Å². The van der Waals surface area contributed by atoms with Crippen molar-refractivity contribution in [3.63, 3.8) is 0 Å². The molecule has 1 aromatic carbocycles. The molecule has 13 heavy (non-hydrogen) atoms. The minimum atomic E-state index is -3.66. The van der Waals surface area contributed by atoms with Crippen LogP contribution in [-0.2, 0) is 21.7 Å². The Kier molecular flexibility index (Phi) is 2.70. The maximum Gasteiger partial charge on any atom is 0.238 e. The van der Waals surface area contributed by atoms with Crippen LogP contribution in [0.3, 0.4) is 0 Å². The van der Waals surface area contributed by atoms with Crippen molar-refractivity contribution in [2.75, 3.05) is 0 Å². The summed E-state index contributed by atoms with van der Waals surface area (Å²) < 4.78 is 21.9. The van der Waals surface area contributed by atoms with Gasteiger partial charge in [0.25, 0.3) is 0 Å². The predicted octanol–water partition coefficient (Wildman–Crippen LogP) is 0.573. The topological polar surface area (TPSA) is 80.1 Å². The van der Waals surface area contributed by atoms with Crippen LogP contribution in [0.15, 0.2) is 23.1 Å². The summed E-state index contributed by atoms with van der Waals surface area (Å²) in [7, 11) is -3.66. The van der Waals surface area contributed by atoms with Crippen molar-refractivity contribution in [2.24, 2.45) is 5.14 Å². The Morgan fingerprint density at radius 2 is 2.00 bits per heavy atom. The molecule has 0 aliphatic carbocycles. The third-order valence-electron chi connectivity index (χ3n) is 1.71. The van der Waals surface area contributed by atoms with Crippen LogP contribution in [0.2, 0.25) is 0 Å². The molecule has 0 aliphatic rings. The molecule has 0 amide bonds. The maximum atomic E-state index is 11.0. The van der Waals surface area contributed by atoms with Crippen molar-refractivity contribution in [3.8, 4) is 0 Å². The van der Waals surface area contributed by atoms with Gasteiger partial charge in [-0.3, -0.25) is 0 Å². The highest BCUT2D eigenvalue weighted by molar-refractivity contribution is 7.89. The van der Waals surface area contributed by atoms with E-state index in [1.165, 1.54) is 18.2 Å². The van der Waals surface area contributed by atoms with E-state index in [1.54, 1.807) is 6.92 Å². The molecule has 0 bridgehead atoms. The highest BCUT2D eigenvalue weighted by Gasteiger charge is 2.10. The fraction of sp³-hybridized carbons (Fsp3) is 0.250. The molecule has 0 aliphatic heterocycles. The van der Waals surface area contributed by atoms with E-state index in [4.69, 9.17) is 5.14 Å². The van der Waals surface area contributed by atoms with E-state index < -0.39 is 10.0 Å². The number of primary sulfonamides is 1. The lowest BCUT2D eigenvalue weighted by Gasteiger charge is -2.03. The quantitative estimate of drug-likeness (QED) is 0.757. The van der Waals surface area contributed by atoms with E-state index in [1.807, 2.05) is 0 Å². The molecular weight excluding hydrogens is 190 g/mol. The first-order valence-corrected chi connectivity index (χ1v) is 5.20. The molecule has 71 valence electrons. The maximum absolute atomic E-state index is 11.0. The average molecular weight is 200 g/mol. The highest BCUT2D eigenvalue weighted by Crippen LogP contribution is 2.14. The standard InChI is InChI=1S/C8H10NO3S/c1-6-4-7(5-10)2-3-8(6)13(9,11)12/h2-4H,5H2,1H3,(H2,9,11,12). The van der Waals surface area contributed by atoms with Gasteiger partial charge in [0.05, 0.1) is 4.90 Å². The number of nitrogens with two attached hydrogens (primary N) is 1. The van der Waals surface area contributed by atoms with E-state index in [2.05, 4.69) is 0 Å². The van der Waals surface area contributed by atoms with Gasteiger partial charge in [-0.25, -0.2) is 18.7 Å². The molecule has 0 atom stereocenters. The number of rotatable bonds is 2. The van der Waals surface area contributed by atoms with Crippen LogP contribution in [0.4, 0.5) is 0 Å². The molecule has 0 saturated carbocycles. The third-order valence-corrected chi connectivity index (χ3v) is 2.78. The van der Waals surface area contributed by atoms with Gasteiger partial charge in [0, 0.05) is 0 Å². The molecule has 0 unspecified atom stereocenters. The number of hydrogen-bond donors (Lipinski definition) is 1. The Morgan fingerprint density at radius 3 is 2.38 bits per heavy atom. The Labute approximate surface area is 77.1 Å². The summed E-state index contributed by atoms with van der Waals surface area (Å²) in [5, 5.41) is 15.4. The summed E-state index contributed by atoms with van der Waals surface area (Å²) in [4.78, 5) is 0.0738. The summed E-state index contributed by atoms with van der Waals surface area (Å²) in [6, 6.07) is 4.37. The zero-order valence-electron chi connectivity index (χ0n) is 7.15. The van der Waals surface area contributed by atoms with Crippen molar-refractivity contribution in [1.82, 2.24) is 0 Å². The van der Waals surface area contributed by atoms with Gasteiger partial charge in [-0.2, -0.15) is 0 Å². The Morgan fingerprint density at radius 1 is 1.38 bits per heavy atom. The van der Waals surface area contributed by atoms with Gasteiger partial charge < -0.3 is 0 Å². The van der Waals surface area contributed by atoms with Crippen molar-refractivity contribution in [3.05, 3.63) is 29.3 Å². The van der Waals surface area contributed by atoms with Gasteiger partial charge in [0.2, 0.25) is 10.0 Å². The second-order valence-electron chi connectivity index (χ2n) is 2.79. The lowest BCUT2D eigenvalue weighted by molar-refractivity contribution is 0.177. The zero-order chi connectivity index (χ0) is 10.1. The average Bonchev–Trinajstić information content (AvgIpc) is 2.01. The molecule has 0 heterocycles. The fourth-order valence-electron chi connectivity index (χ4n) is 1.12. The largest absolute Gasteiger partial charge is 0.238 e. The van der Waals surface area contributed by atoms with Gasteiger partial charge in [-0.15, -0.1) is 0 Å². The smallest absolute Gasteiger partial charge is 0.232 e. The molecule has 4 nitrogen and oxygen atoms in total. The SMILES string of the molecule is Cc1cc(C[O])ccc1S(N)(=O)=O. The monoisotopic (exact) mass is 200 g/mol. The molecule has 0 saturated heterocycles. The zero-order valence-corrected chi connectivity index (χ0v) is 7.97. The normalized spacial score (nSPS) is 11.6. The first-order chi connectivity index (χ1) is 5.95. The Hall–Kier alpha value is -0.910. The summed E-state index contributed by atoms with van der Waals surface area (Å²) in [5.41, 5.74) is 1.07. The first kappa shape index (κ1) is 10.2. The summed E-state index contributed by atoms with van der Waals surface area (Å²) >= 11 is 0. The van der Waals surface area contributed by atoms with Crippen molar-refractivity contribution in [1.29, 1.82) is 0 Å². The van der Waals surface area contributed by atoms with E-state index in [9.17, 15) is 13.5 Å². The molecule has 1 radical (unpaired) electrons. The van der Waals surface area contributed by atoms with Crippen LogP contribution in [0.1, 0.15) is 11.1 Å². The van der Waals surface area contributed by atoms with Gasteiger partial charge in [0.1, 0.15) is 6.61 Å². The lowest BCUT2D eigenvalue weighted by atomic mass is 10.1. The van der Waals surface area contributed by atoms with E-state index in [-0.39, 0.29) is 11.5 Å². The van der Waals surface area contributed by atoms with E-state index >= 15 is 0 Å². The van der Waals surface area contributed by atoms with Crippen LogP contribution in [0, 0.1) is 6.92 Å². The van der Waals surface area contributed by atoms with Crippen LogP contribution in [0.5, 0.6) is 0 Å². The molecule has 0 aromatic heterocycles. The van der Waals surface area contributed by atoms with Gasteiger partial charge >= 0.3 is 0 Å². The Balaban J connectivity index is 3.29. The van der Waals surface area contributed by atoms with Gasteiger partial charge in [-0.1, -0.05) is 12.1 Å². The first-order valence-electron chi connectivity index (χ1n) is 3.65. The molecular formula is C8H10NO3S. The lowest BCUT2D eigenvalue weighted by Crippen LogP contribution is -2.13. The molecule has 2 N–H and O–H groups in total. The molecule has 1 rings (SSSR count). The van der Waals surface area contributed by atoms with Crippen LogP contribution < -0.4 is 5.14 Å². The van der Waals surface area contributed by atoms with Crippen LogP contribution in [-0.4, -0.2) is 8.42 Å². The fourth-order valence-corrected chi connectivity index (χ4v) is 1.89. The number of hydrogen-bond acceptors (Lipinski definition) is 2. The summed E-state index contributed by atoms with van der Waals surface area (Å²) in [5.74, 6) is 0. The second kappa shape index (κ2) is 3.45. The van der Waals surface area contributed by atoms with Crippen LogP contribution in [0.25, 0.3) is 0 Å². The molecule has 0 spiro atoms. The van der Waals surface area contributed by atoms with E-state index in [0.717, 1.165) is 0 Å². The second-order valence-corrected chi connectivity index (χ2v) is 4.32. The molecule has 5 heteroatoms. The minimum Gasteiger partial charge on any atom is -0.232 e.